The molecule has 0 fully saturated rings. The van der Waals surface area contributed by atoms with Crippen molar-refractivity contribution in [1.29, 1.82) is 0 Å². The van der Waals surface area contributed by atoms with Crippen LogP contribution >= 0.6 is 11.6 Å². The second-order valence-corrected chi connectivity index (χ2v) is 11.2. The summed E-state index contributed by atoms with van der Waals surface area (Å²) < 4.78 is 32.5. The minimum atomic E-state index is -3.67. The lowest BCUT2D eigenvalue weighted by molar-refractivity contribution is -0.142. The molecule has 0 spiro atoms. The Labute approximate surface area is 221 Å². The molecule has 1 aromatic heterocycles. The molecule has 3 rings (SSSR count). The van der Waals surface area contributed by atoms with E-state index in [1.165, 1.54) is 38.4 Å². The highest BCUT2D eigenvalue weighted by atomic mass is 35.5. The fourth-order valence-electron chi connectivity index (χ4n) is 3.36. The molecule has 11 heteroatoms. The molecule has 0 bridgehead atoms. The highest BCUT2D eigenvalue weighted by Gasteiger charge is 2.19. The van der Waals surface area contributed by atoms with E-state index in [1.54, 1.807) is 24.6 Å². The first-order chi connectivity index (χ1) is 17.4. The number of sulfonamides is 1. The van der Waals surface area contributed by atoms with Gasteiger partial charge in [0.1, 0.15) is 5.15 Å². The quantitative estimate of drug-likeness (QED) is 0.322. The molecule has 1 amide bonds. The third kappa shape index (κ3) is 7.06. The summed E-state index contributed by atoms with van der Waals surface area (Å²) in [5.41, 5.74) is 4.37. The summed E-state index contributed by atoms with van der Waals surface area (Å²) in [5, 5.41) is 7.40. The number of nitrogens with one attached hydrogen (secondary N) is 1. The number of rotatable bonds is 9. The topological polar surface area (TPSA) is 111 Å². The van der Waals surface area contributed by atoms with E-state index in [1.807, 2.05) is 31.2 Å². The van der Waals surface area contributed by atoms with Gasteiger partial charge in [0.15, 0.2) is 6.61 Å². The van der Waals surface area contributed by atoms with Gasteiger partial charge in [0.05, 0.1) is 17.1 Å². The number of hydrogen-bond acceptors (Lipinski definition) is 6. The molecule has 9 nitrogen and oxygen atoms in total. The minimum Gasteiger partial charge on any atom is -0.452 e. The number of aryl methyl sites for hydroxylation is 3. The zero-order valence-electron chi connectivity index (χ0n) is 21.3. The van der Waals surface area contributed by atoms with E-state index >= 15 is 0 Å². The molecule has 196 valence electrons. The number of aromatic nitrogens is 2. The molecule has 1 N–H and O–H groups in total. The van der Waals surface area contributed by atoms with Crippen molar-refractivity contribution in [2.75, 3.05) is 26.0 Å². The van der Waals surface area contributed by atoms with Gasteiger partial charge in [0.2, 0.25) is 10.0 Å². The Kier molecular flexibility index (Phi) is 8.90. The van der Waals surface area contributed by atoms with E-state index in [-0.39, 0.29) is 4.90 Å². The Balaban J connectivity index is 1.60. The molecule has 2 aromatic carbocycles. The van der Waals surface area contributed by atoms with Crippen molar-refractivity contribution in [3.63, 3.8) is 0 Å². The molecule has 0 aliphatic rings. The SMILES string of the molecule is Cc1ccc(Cn2nc(C)c(/C=C/C(=O)OCC(=O)Nc3cc(S(=O)(=O)N(C)C)ccc3C)c2Cl)cc1. The zero-order valence-corrected chi connectivity index (χ0v) is 22.9. The van der Waals surface area contributed by atoms with Gasteiger partial charge in [-0.2, -0.15) is 5.10 Å². The van der Waals surface area contributed by atoms with E-state index < -0.39 is 28.5 Å². The van der Waals surface area contributed by atoms with E-state index in [4.69, 9.17) is 16.3 Å². The van der Waals surface area contributed by atoms with Gasteiger partial charge in [0.25, 0.3) is 5.91 Å². The largest absolute Gasteiger partial charge is 0.452 e. The van der Waals surface area contributed by atoms with Gasteiger partial charge in [-0.15, -0.1) is 0 Å². The van der Waals surface area contributed by atoms with Crippen LogP contribution < -0.4 is 5.32 Å². The van der Waals surface area contributed by atoms with E-state index in [0.717, 1.165) is 15.4 Å². The molecular formula is C26H29ClN4O5S. The number of anilines is 1. The summed E-state index contributed by atoms with van der Waals surface area (Å²) in [6, 6.07) is 12.4. The summed E-state index contributed by atoms with van der Waals surface area (Å²) in [6.07, 6.45) is 2.67. The van der Waals surface area contributed by atoms with Gasteiger partial charge in [-0.25, -0.2) is 22.2 Å². The summed E-state index contributed by atoms with van der Waals surface area (Å²) in [5.74, 6) is -1.35. The van der Waals surface area contributed by atoms with Crippen LogP contribution in [-0.2, 0) is 30.9 Å². The predicted octanol–water partition coefficient (Wildman–Crippen LogP) is 3.96. The van der Waals surface area contributed by atoms with Gasteiger partial charge >= 0.3 is 5.97 Å². The van der Waals surface area contributed by atoms with Crippen LogP contribution in [0.3, 0.4) is 0 Å². The number of hydrogen-bond donors (Lipinski definition) is 1. The standard InChI is InChI=1S/C26H29ClN4O5S/c1-17-6-9-20(10-7-17)15-31-26(27)22(19(3)29-31)12-13-25(33)36-16-24(32)28-23-14-21(11-8-18(23)2)37(34,35)30(4)5/h6-14H,15-16H2,1-5H3,(H,28,32)/b13-12+. The van der Waals surface area contributed by atoms with Crippen molar-refractivity contribution in [2.24, 2.45) is 0 Å². The third-order valence-corrected chi connectivity index (χ3v) is 7.77. The monoisotopic (exact) mass is 544 g/mol. The average molecular weight is 545 g/mol. The molecule has 0 saturated heterocycles. The lowest BCUT2D eigenvalue weighted by Crippen LogP contribution is -2.23. The second-order valence-electron chi connectivity index (χ2n) is 8.69. The van der Waals surface area contributed by atoms with E-state index in [0.29, 0.717) is 34.2 Å². The van der Waals surface area contributed by atoms with Crippen LogP contribution in [-0.4, -0.2) is 55.1 Å². The van der Waals surface area contributed by atoms with Crippen molar-refractivity contribution in [2.45, 2.75) is 32.2 Å². The molecule has 3 aromatic rings. The summed E-state index contributed by atoms with van der Waals surface area (Å²) in [4.78, 5) is 24.6. The summed E-state index contributed by atoms with van der Waals surface area (Å²) in [7, 11) is -0.825. The normalized spacial score (nSPS) is 11.8. The fraction of sp³-hybridized carbons (Fsp3) is 0.269. The number of amides is 1. The van der Waals surface area contributed by atoms with Crippen molar-refractivity contribution < 1.29 is 22.7 Å². The molecule has 0 atom stereocenters. The van der Waals surface area contributed by atoms with Crippen LogP contribution in [0, 0.1) is 20.8 Å². The molecular weight excluding hydrogens is 516 g/mol. The number of benzene rings is 2. The molecule has 0 radical (unpaired) electrons. The maximum Gasteiger partial charge on any atom is 0.331 e. The lowest BCUT2D eigenvalue weighted by Gasteiger charge is -2.14. The number of carbonyl (C=O) groups is 2. The summed E-state index contributed by atoms with van der Waals surface area (Å²) in [6.45, 7) is 5.45. The smallest absolute Gasteiger partial charge is 0.331 e. The number of ether oxygens (including phenoxy) is 1. The first-order valence-corrected chi connectivity index (χ1v) is 13.2. The molecule has 37 heavy (non-hydrogen) atoms. The van der Waals surface area contributed by atoms with Crippen LogP contribution in [0.5, 0.6) is 0 Å². The van der Waals surface area contributed by atoms with Crippen LogP contribution in [0.25, 0.3) is 6.08 Å². The van der Waals surface area contributed by atoms with Crippen molar-refractivity contribution in [1.82, 2.24) is 14.1 Å². The maximum atomic E-state index is 12.4. The Hall–Kier alpha value is -3.47. The Morgan fingerprint density at radius 2 is 1.78 bits per heavy atom. The Morgan fingerprint density at radius 1 is 1.11 bits per heavy atom. The first-order valence-electron chi connectivity index (χ1n) is 11.3. The van der Waals surface area contributed by atoms with E-state index in [9.17, 15) is 18.0 Å². The van der Waals surface area contributed by atoms with Crippen LogP contribution in [0.4, 0.5) is 5.69 Å². The lowest BCUT2D eigenvalue weighted by atomic mass is 10.1. The van der Waals surface area contributed by atoms with Gasteiger partial charge in [0, 0.05) is 31.4 Å². The number of esters is 1. The molecule has 0 unspecified atom stereocenters. The highest BCUT2D eigenvalue weighted by Crippen LogP contribution is 2.23. The second kappa shape index (κ2) is 11.7. The first kappa shape index (κ1) is 28.1. The van der Waals surface area contributed by atoms with Crippen molar-refractivity contribution >= 4 is 45.3 Å². The molecule has 0 aliphatic carbocycles. The van der Waals surface area contributed by atoms with Gasteiger partial charge in [-0.3, -0.25) is 4.79 Å². The van der Waals surface area contributed by atoms with Gasteiger partial charge in [-0.1, -0.05) is 47.5 Å². The Morgan fingerprint density at radius 3 is 2.43 bits per heavy atom. The van der Waals surface area contributed by atoms with Crippen LogP contribution in [0.1, 0.15) is 27.9 Å². The number of halogens is 1. The fourth-order valence-corrected chi connectivity index (χ4v) is 4.58. The molecule has 0 aliphatic heterocycles. The number of nitrogens with zero attached hydrogens (tertiary/aromatic N) is 3. The highest BCUT2D eigenvalue weighted by molar-refractivity contribution is 7.89. The zero-order chi connectivity index (χ0) is 27.3. The summed E-state index contributed by atoms with van der Waals surface area (Å²) >= 11 is 6.48. The molecule has 0 saturated carbocycles. The van der Waals surface area contributed by atoms with Crippen molar-refractivity contribution in [3.8, 4) is 0 Å². The van der Waals surface area contributed by atoms with E-state index in [2.05, 4.69) is 10.4 Å². The third-order valence-electron chi connectivity index (χ3n) is 5.56. The minimum absolute atomic E-state index is 0.0356. The number of carbonyl (C=O) groups excluding carboxylic acids is 2. The predicted molar refractivity (Wildman–Crippen MR) is 143 cm³/mol. The average Bonchev–Trinajstić information content (AvgIpc) is 3.10. The maximum absolute atomic E-state index is 12.4. The van der Waals surface area contributed by atoms with Gasteiger partial charge in [-0.05, 0) is 50.1 Å². The van der Waals surface area contributed by atoms with Gasteiger partial charge < -0.3 is 10.1 Å². The van der Waals surface area contributed by atoms with Crippen LogP contribution in [0.15, 0.2) is 53.4 Å². The van der Waals surface area contributed by atoms with Crippen LogP contribution in [0.2, 0.25) is 5.15 Å². The van der Waals surface area contributed by atoms with Crippen molar-refractivity contribution in [3.05, 3.63) is 81.6 Å². The Bertz CT molecular complexity index is 1440. The molecule has 1 heterocycles.